The number of nitrogens with zero attached hydrogens (tertiary/aromatic N) is 2. The van der Waals surface area contributed by atoms with E-state index in [2.05, 4.69) is 0 Å². The van der Waals surface area contributed by atoms with Crippen LogP contribution >= 0.6 is 11.6 Å². The van der Waals surface area contributed by atoms with Crippen molar-refractivity contribution in [1.29, 1.82) is 0 Å². The molecule has 0 aliphatic carbocycles. The number of anilines is 1. The summed E-state index contributed by atoms with van der Waals surface area (Å²) in [6.45, 7) is 3.28. The van der Waals surface area contributed by atoms with Gasteiger partial charge in [0.25, 0.3) is 5.91 Å². The zero-order valence-corrected chi connectivity index (χ0v) is 14.9. The Bertz CT molecular complexity index is 676. The van der Waals surface area contributed by atoms with Crippen LogP contribution in [0.1, 0.15) is 26.2 Å². The second-order valence-electron chi connectivity index (χ2n) is 6.35. The SMILES string of the molecule is CCOC(=O)[C@@H]1CCCN([C@@H]2CC(=O)N(c3ccc(Cl)cc3)C2=O)C1. The van der Waals surface area contributed by atoms with Gasteiger partial charge in [0.1, 0.15) is 0 Å². The molecule has 0 bridgehead atoms. The van der Waals surface area contributed by atoms with Crippen LogP contribution in [0.25, 0.3) is 0 Å². The van der Waals surface area contributed by atoms with Crippen LogP contribution in [0.5, 0.6) is 0 Å². The van der Waals surface area contributed by atoms with Crippen molar-refractivity contribution in [3.63, 3.8) is 0 Å². The second-order valence-corrected chi connectivity index (χ2v) is 6.79. The maximum absolute atomic E-state index is 12.8. The monoisotopic (exact) mass is 364 g/mol. The average molecular weight is 365 g/mol. The van der Waals surface area contributed by atoms with Crippen LogP contribution in [0.15, 0.2) is 24.3 Å². The summed E-state index contributed by atoms with van der Waals surface area (Å²) in [5.74, 6) is -0.924. The summed E-state index contributed by atoms with van der Waals surface area (Å²) in [4.78, 5) is 40.4. The topological polar surface area (TPSA) is 66.9 Å². The van der Waals surface area contributed by atoms with E-state index in [1.807, 2.05) is 4.90 Å². The highest BCUT2D eigenvalue weighted by atomic mass is 35.5. The van der Waals surface area contributed by atoms with Gasteiger partial charge in [-0.15, -0.1) is 0 Å². The van der Waals surface area contributed by atoms with Crippen molar-refractivity contribution in [3.8, 4) is 0 Å². The highest BCUT2D eigenvalue weighted by Gasteiger charge is 2.44. The third kappa shape index (κ3) is 3.70. The number of likely N-dealkylation sites (tertiary alicyclic amines) is 1. The van der Waals surface area contributed by atoms with Gasteiger partial charge in [-0.1, -0.05) is 11.6 Å². The van der Waals surface area contributed by atoms with E-state index in [9.17, 15) is 14.4 Å². The fourth-order valence-electron chi connectivity index (χ4n) is 3.50. The summed E-state index contributed by atoms with van der Waals surface area (Å²) < 4.78 is 5.10. The molecule has 0 unspecified atom stereocenters. The molecule has 2 heterocycles. The number of halogens is 1. The lowest BCUT2D eigenvalue weighted by molar-refractivity contribution is -0.150. The molecule has 2 atom stereocenters. The Labute approximate surface area is 151 Å². The predicted molar refractivity (Wildman–Crippen MR) is 93.3 cm³/mol. The molecule has 0 aromatic heterocycles. The van der Waals surface area contributed by atoms with Gasteiger partial charge in [0.2, 0.25) is 5.91 Å². The van der Waals surface area contributed by atoms with Crippen molar-refractivity contribution < 1.29 is 19.1 Å². The van der Waals surface area contributed by atoms with Gasteiger partial charge in [-0.2, -0.15) is 0 Å². The van der Waals surface area contributed by atoms with Crippen molar-refractivity contribution in [3.05, 3.63) is 29.3 Å². The van der Waals surface area contributed by atoms with Crippen molar-refractivity contribution >= 4 is 35.1 Å². The molecule has 7 heteroatoms. The van der Waals surface area contributed by atoms with Gasteiger partial charge >= 0.3 is 5.97 Å². The zero-order chi connectivity index (χ0) is 18.0. The summed E-state index contributed by atoms with van der Waals surface area (Å²) in [7, 11) is 0. The highest BCUT2D eigenvalue weighted by molar-refractivity contribution is 6.30. The zero-order valence-electron chi connectivity index (χ0n) is 14.1. The third-order valence-electron chi connectivity index (χ3n) is 4.72. The molecule has 0 radical (unpaired) electrons. The first-order valence-corrected chi connectivity index (χ1v) is 8.92. The van der Waals surface area contributed by atoms with E-state index in [-0.39, 0.29) is 30.1 Å². The molecule has 2 amide bonds. The number of carbonyl (C=O) groups is 3. The van der Waals surface area contributed by atoms with Gasteiger partial charge in [-0.25, -0.2) is 4.90 Å². The minimum absolute atomic E-state index is 0.136. The van der Waals surface area contributed by atoms with E-state index < -0.39 is 6.04 Å². The lowest BCUT2D eigenvalue weighted by Gasteiger charge is -2.34. The molecule has 6 nitrogen and oxygen atoms in total. The first kappa shape index (κ1) is 17.9. The van der Waals surface area contributed by atoms with E-state index in [1.54, 1.807) is 31.2 Å². The van der Waals surface area contributed by atoms with E-state index in [4.69, 9.17) is 16.3 Å². The molecule has 2 fully saturated rings. The maximum Gasteiger partial charge on any atom is 0.310 e. The number of ether oxygens (including phenoxy) is 1. The Hall–Kier alpha value is -1.92. The number of benzene rings is 1. The molecule has 0 spiro atoms. The Morgan fingerprint density at radius 3 is 2.68 bits per heavy atom. The molecule has 134 valence electrons. The Kier molecular flexibility index (Phi) is 5.39. The van der Waals surface area contributed by atoms with E-state index in [0.717, 1.165) is 12.8 Å². The average Bonchev–Trinajstić information content (AvgIpc) is 2.91. The molecule has 1 aromatic carbocycles. The smallest absolute Gasteiger partial charge is 0.310 e. The summed E-state index contributed by atoms with van der Waals surface area (Å²) >= 11 is 5.87. The lowest BCUT2D eigenvalue weighted by atomic mass is 9.96. The van der Waals surface area contributed by atoms with Gasteiger partial charge in [0.05, 0.1) is 30.7 Å². The first-order valence-electron chi connectivity index (χ1n) is 8.54. The summed E-state index contributed by atoms with van der Waals surface area (Å²) in [5.41, 5.74) is 0.529. The van der Waals surface area contributed by atoms with Crippen LogP contribution < -0.4 is 4.90 Å². The predicted octanol–water partition coefficient (Wildman–Crippen LogP) is 2.25. The van der Waals surface area contributed by atoms with Gasteiger partial charge in [-0.3, -0.25) is 19.3 Å². The lowest BCUT2D eigenvalue weighted by Crippen LogP contribution is -2.48. The molecule has 1 aromatic rings. The number of rotatable bonds is 4. The third-order valence-corrected chi connectivity index (χ3v) is 4.97. The fraction of sp³-hybridized carbons (Fsp3) is 0.500. The first-order chi connectivity index (χ1) is 12.0. The minimum Gasteiger partial charge on any atom is -0.466 e. The molecule has 2 aliphatic rings. The van der Waals surface area contributed by atoms with Crippen molar-refractivity contribution in [1.82, 2.24) is 4.90 Å². The standard InChI is InChI=1S/C18H21ClN2O4/c1-2-25-18(24)12-4-3-9-20(11-12)15-10-16(22)21(17(15)23)14-7-5-13(19)6-8-14/h5-8,12,15H,2-4,9-11H2,1H3/t12-,15-/m1/s1. The number of amides is 2. The minimum atomic E-state index is -0.514. The molecule has 2 aliphatic heterocycles. The molecule has 0 N–H and O–H groups in total. The summed E-state index contributed by atoms with van der Waals surface area (Å²) in [5, 5.41) is 0.549. The van der Waals surface area contributed by atoms with Crippen LogP contribution in [0, 0.1) is 5.92 Å². The molecule has 3 rings (SSSR count). The van der Waals surface area contributed by atoms with Crippen LogP contribution in [0.2, 0.25) is 5.02 Å². The molecule has 0 saturated carbocycles. The Morgan fingerprint density at radius 2 is 2.00 bits per heavy atom. The Morgan fingerprint density at radius 1 is 1.28 bits per heavy atom. The molecular formula is C18H21ClN2O4. The highest BCUT2D eigenvalue weighted by Crippen LogP contribution is 2.29. The maximum atomic E-state index is 12.8. The van der Waals surface area contributed by atoms with E-state index >= 15 is 0 Å². The fourth-order valence-corrected chi connectivity index (χ4v) is 3.63. The number of hydrogen-bond acceptors (Lipinski definition) is 5. The Balaban J connectivity index is 1.73. The molecule has 2 saturated heterocycles. The van der Waals surface area contributed by atoms with Crippen LogP contribution in [0.3, 0.4) is 0 Å². The van der Waals surface area contributed by atoms with Gasteiger partial charge in [-0.05, 0) is 50.6 Å². The number of carbonyl (C=O) groups excluding carboxylic acids is 3. The summed E-state index contributed by atoms with van der Waals surface area (Å²) in [6.07, 6.45) is 1.70. The molecule has 25 heavy (non-hydrogen) atoms. The van der Waals surface area contributed by atoms with Gasteiger partial charge in [0, 0.05) is 11.6 Å². The number of hydrogen-bond donors (Lipinski definition) is 0. The largest absolute Gasteiger partial charge is 0.466 e. The van der Waals surface area contributed by atoms with Crippen molar-refractivity contribution in [2.24, 2.45) is 5.92 Å². The van der Waals surface area contributed by atoms with Crippen molar-refractivity contribution in [2.75, 3.05) is 24.6 Å². The van der Waals surface area contributed by atoms with Gasteiger partial charge < -0.3 is 4.74 Å². The summed E-state index contributed by atoms with van der Waals surface area (Å²) in [6, 6.07) is 6.13. The van der Waals surface area contributed by atoms with Crippen LogP contribution in [0.4, 0.5) is 5.69 Å². The quantitative estimate of drug-likeness (QED) is 0.605. The number of esters is 1. The van der Waals surface area contributed by atoms with Crippen LogP contribution in [-0.2, 0) is 19.1 Å². The number of piperidine rings is 1. The van der Waals surface area contributed by atoms with E-state index in [0.29, 0.717) is 30.4 Å². The van der Waals surface area contributed by atoms with Gasteiger partial charge in [0.15, 0.2) is 0 Å². The molecular weight excluding hydrogens is 344 g/mol. The van der Waals surface area contributed by atoms with Crippen molar-refractivity contribution in [2.45, 2.75) is 32.2 Å². The van der Waals surface area contributed by atoms with Crippen LogP contribution in [-0.4, -0.2) is 48.4 Å². The normalized spacial score (nSPS) is 24.6. The van der Waals surface area contributed by atoms with E-state index in [1.165, 1.54) is 4.90 Å². The number of imide groups is 1. The second kappa shape index (κ2) is 7.54.